The van der Waals surface area contributed by atoms with Gasteiger partial charge in [-0.3, -0.25) is 14.9 Å². The maximum absolute atomic E-state index is 13.5. The molecule has 1 aromatic heterocycles. The largest absolute Gasteiger partial charge is 0.479 e. The van der Waals surface area contributed by atoms with Crippen LogP contribution in [0.5, 0.6) is 5.75 Å². The quantitative estimate of drug-likeness (QED) is 0.188. The van der Waals surface area contributed by atoms with Crippen LogP contribution in [0, 0.1) is 10.1 Å². The van der Waals surface area contributed by atoms with E-state index in [4.69, 9.17) is 9.15 Å². The molecule has 8 nitrogen and oxygen atoms in total. The Labute approximate surface area is 200 Å². The summed E-state index contributed by atoms with van der Waals surface area (Å²) in [5.74, 6) is -0.941. The number of rotatable bonds is 8. The zero-order valence-corrected chi connectivity index (χ0v) is 20.5. The Morgan fingerprint density at radius 3 is 2.31 bits per heavy atom. The van der Waals surface area contributed by atoms with Crippen molar-refractivity contribution in [3.8, 4) is 5.75 Å². The average Bonchev–Trinajstić information content (AvgIpc) is 3.11. The molecule has 0 saturated carbocycles. The second-order valence-corrected chi connectivity index (χ2v) is 9.09. The third kappa shape index (κ3) is 4.56. The zero-order chi connectivity index (χ0) is 23.7. The molecule has 0 spiro atoms. The number of carbonyl (C=O) groups excluding carboxylic acids is 1. The van der Waals surface area contributed by atoms with E-state index < -0.39 is 17.0 Å². The molecule has 0 aliphatic heterocycles. The van der Waals surface area contributed by atoms with Crippen LogP contribution >= 0.6 is 31.9 Å². The van der Waals surface area contributed by atoms with Gasteiger partial charge in [0.25, 0.3) is 5.69 Å². The number of benzene rings is 2. The predicted molar refractivity (Wildman–Crippen MR) is 125 cm³/mol. The number of nitro groups is 1. The number of hydrogen-bond acceptors (Lipinski definition) is 6. The van der Waals surface area contributed by atoms with Crippen LogP contribution in [0.1, 0.15) is 54.8 Å². The van der Waals surface area contributed by atoms with Crippen LogP contribution in [0.2, 0.25) is 0 Å². The first-order valence-corrected chi connectivity index (χ1v) is 11.3. The van der Waals surface area contributed by atoms with E-state index in [-0.39, 0.29) is 40.7 Å². The Kier molecular flexibility index (Phi) is 7.04. The van der Waals surface area contributed by atoms with E-state index in [0.29, 0.717) is 25.7 Å². The number of carbonyl (C=O) groups is 2. The number of halogens is 2. The lowest BCUT2D eigenvalue weighted by atomic mass is 9.96. The summed E-state index contributed by atoms with van der Waals surface area (Å²) >= 11 is 6.70. The van der Waals surface area contributed by atoms with E-state index >= 15 is 0 Å². The van der Waals surface area contributed by atoms with Crippen LogP contribution in [0.3, 0.4) is 0 Å². The molecule has 0 bridgehead atoms. The van der Waals surface area contributed by atoms with Crippen LogP contribution in [0.4, 0.5) is 5.69 Å². The molecule has 1 N–H and O–H groups in total. The Morgan fingerprint density at radius 2 is 1.81 bits per heavy atom. The van der Waals surface area contributed by atoms with E-state index in [1.54, 1.807) is 6.92 Å². The van der Waals surface area contributed by atoms with Gasteiger partial charge in [0.2, 0.25) is 0 Å². The Morgan fingerprint density at radius 1 is 1.19 bits per heavy atom. The molecule has 32 heavy (non-hydrogen) atoms. The molecule has 0 saturated heterocycles. The van der Waals surface area contributed by atoms with Crippen LogP contribution in [-0.2, 0) is 4.79 Å². The van der Waals surface area contributed by atoms with Gasteiger partial charge in [-0.05, 0) is 56.5 Å². The zero-order valence-electron chi connectivity index (χ0n) is 17.3. The van der Waals surface area contributed by atoms with Crippen LogP contribution in [0.15, 0.2) is 43.7 Å². The number of aliphatic carboxylic acids is 1. The number of fused-ring (bicyclic) bond motifs is 1. The summed E-state index contributed by atoms with van der Waals surface area (Å²) in [6, 6.07) is 7.19. The molecule has 0 aliphatic rings. The van der Waals surface area contributed by atoms with Gasteiger partial charge in [0.05, 0.1) is 19.4 Å². The third-order valence-electron chi connectivity index (χ3n) is 4.83. The van der Waals surface area contributed by atoms with E-state index in [2.05, 4.69) is 31.9 Å². The average molecular weight is 569 g/mol. The highest BCUT2D eigenvalue weighted by atomic mass is 79.9. The lowest BCUT2D eigenvalue weighted by molar-refractivity contribution is -0.384. The second kappa shape index (κ2) is 9.41. The fourth-order valence-corrected chi connectivity index (χ4v) is 4.63. The lowest BCUT2D eigenvalue weighted by Crippen LogP contribution is -2.26. The molecule has 3 aromatic rings. The first-order chi connectivity index (χ1) is 15.0. The summed E-state index contributed by atoms with van der Waals surface area (Å²) in [5.41, 5.74) is 0.764. The highest BCUT2D eigenvalue weighted by Gasteiger charge is 2.27. The Bertz CT molecular complexity index is 1210. The minimum absolute atomic E-state index is 0.143. The fraction of sp³-hybridized carbons (Fsp3) is 0.273. The Balaban J connectivity index is 2.13. The number of ether oxygens (including phenoxy) is 1. The first-order valence-electron chi connectivity index (χ1n) is 9.69. The molecule has 10 heteroatoms. The van der Waals surface area contributed by atoms with Crippen molar-refractivity contribution in [3.05, 3.63) is 66.3 Å². The Hall–Kier alpha value is -2.72. The van der Waals surface area contributed by atoms with Gasteiger partial charge in [0, 0.05) is 29.0 Å². The van der Waals surface area contributed by atoms with Crippen molar-refractivity contribution < 1.29 is 28.8 Å². The fourth-order valence-electron chi connectivity index (χ4n) is 3.26. The summed E-state index contributed by atoms with van der Waals surface area (Å²) in [4.78, 5) is 35.6. The highest BCUT2D eigenvalue weighted by molar-refractivity contribution is 9.11. The van der Waals surface area contributed by atoms with Crippen molar-refractivity contribution >= 4 is 60.3 Å². The number of ketones is 1. The molecule has 168 valence electrons. The molecule has 1 unspecified atom stereocenters. The summed E-state index contributed by atoms with van der Waals surface area (Å²) in [6.07, 6.45) is -0.790. The van der Waals surface area contributed by atoms with E-state index in [9.17, 15) is 24.8 Å². The van der Waals surface area contributed by atoms with Crippen molar-refractivity contribution in [2.75, 3.05) is 0 Å². The molecule has 0 amide bonds. The summed E-state index contributed by atoms with van der Waals surface area (Å²) in [6.45, 7) is 5.42. The highest BCUT2D eigenvalue weighted by Crippen LogP contribution is 2.39. The van der Waals surface area contributed by atoms with E-state index in [0.717, 1.165) is 0 Å². The molecule has 2 aromatic carbocycles. The molecule has 1 heterocycles. The molecule has 0 fully saturated rings. The number of nitro benzene ring substituents is 1. The molecule has 0 aliphatic carbocycles. The van der Waals surface area contributed by atoms with Gasteiger partial charge < -0.3 is 14.3 Å². The molecular weight excluding hydrogens is 550 g/mol. The third-order valence-corrected chi connectivity index (χ3v) is 6.01. The first kappa shape index (κ1) is 23.9. The number of hydrogen-bond donors (Lipinski definition) is 1. The van der Waals surface area contributed by atoms with E-state index in [1.807, 2.05) is 13.8 Å². The van der Waals surface area contributed by atoms with Gasteiger partial charge in [-0.1, -0.05) is 20.8 Å². The monoisotopic (exact) mass is 567 g/mol. The minimum Gasteiger partial charge on any atom is -0.479 e. The van der Waals surface area contributed by atoms with Crippen molar-refractivity contribution in [1.29, 1.82) is 0 Å². The minimum atomic E-state index is -1.10. The van der Waals surface area contributed by atoms with Gasteiger partial charge in [-0.2, -0.15) is 0 Å². The van der Waals surface area contributed by atoms with Gasteiger partial charge in [-0.25, -0.2) is 4.79 Å². The van der Waals surface area contributed by atoms with Crippen LogP contribution < -0.4 is 4.74 Å². The van der Waals surface area contributed by atoms with Gasteiger partial charge in [0.1, 0.15) is 17.1 Å². The molecule has 1 atom stereocenters. The van der Waals surface area contributed by atoms with Gasteiger partial charge in [-0.15, -0.1) is 0 Å². The van der Waals surface area contributed by atoms with Crippen molar-refractivity contribution in [2.24, 2.45) is 0 Å². The van der Waals surface area contributed by atoms with Crippen molar-refractivity contribution in [3.63, 3.8) is 0 Å². The standard InChI is InChI=1S/C22H19Br2NO7/c1-4-16(22(27)28)31-21-14(23)7-11(8-15(21)24)19(26)18-13-9-12(25(29)30)5-6-17(13)32-20(18)10(2)3/h5-10,16H,4H2,1-3H3,(H,27,28). The number of furan rings is 1. The molecule has 3 rings (SSSR count). The summed E-state index contributed by atoms with van der Waals surface area (Å²) < 4.78 is 12.2. The summed E-state index contributed by atoms with van der Waals surface area (Å²) in [5, 5.41) is 20.9. The van der Waals surface area contributed by atoms with Crippen LogP contribution in [-0.4, -0.2) is 27.9 Å². The van der Waals surface area contributed by atoms with Gasteiger partial charge in [0.15, 0.2) is 11.9 Å². The number of nitrogens with zero attached hydrogens (tertiary/aromatic N) is 1. The normalized spacial score (nSPS) is 12.2. The number of non-ortho nitro benzene ring substituents is 1. The smallest absolute Gasteiger partial charge is 0.344 e. The van der Waals surface area contributed by atoms with Crippen molar-refractivity contribution in [1.82, 2.24) is 0 Å². The maximum atomic E-state index is 13.5. The SMILES string of the molecule is CCC(Oc1c(Br)cc(C(=O)c2c(C(C)C)oc3ccc([N+](=O)[O-])cc23)cc1Br)C(=O)O. The second-order valence-electron chi connectivity index (χ2n) is 7.38. The maximum Gasteiger partial charge on any atom is 0.344 e. The molecule has 0 radical (unpaired) electrons. The number of carboxylic acid groups (broad SMARTS) is 1. The molecular formula is C22H19Br2NO7. The lowest BCUT2D eigenvalue weighted by Gasteiger charge is -2.17. The predicted octanol–water partition coefficient (Wildman–Crippen LogP) is 6.46. The summed E-state index contributed by atoms with van der Waals surface area (Å²) in [7, 11) is 0. The van der Waals surface area contributed by atoms with E-state index in [1.165, 1.54) is 30.3 Å². The van der Waals surface area contributed by atoms with Gasteiger partial charge >= 0.3 is 5.97 Å². The van der Waals surface area contributed by atoms with Crippen molar-refractivity contribution in [2.45, 2.75) is 39.2 Å². The topological polar surface area (TPSA) is 120 Å². The number of carboxylic acids is 1. The van der Waals surface area contributed by atoms with Crippen LogP contribution in [0.25, 0.3) is 11.0 Å².